The van der Waals surface area contributed by atoms with Crippen LogP contribution >= 0.6 is 0 Å². The standard InChI is InChI=1S/C9H15N/c1-3-8-6-5-7-10-9(8)4-2/h6H,3-5,7H2,1-2H3. The van der Waals surface area contributed by atoms with Crippen molar-refractivity contribution in [3.63, 3.8) is 0 Å². The van der Waals surface area contributed by atoms with E-state index in [0.717, 1.165) is 25.8 Å². The molecule has 56 valence electrons. The zero-order valence-corrected chi connectivity index (χ0v) is 6.85. The lowest BCUT2D eigenvalue weighted by Crippen LogP contribution is -2.06. The van der Waals surface area contributed by atoms with Gasteiger partial charge in [0.05, 0.1) is 0 Å². The van der Waals surface area contributed by atoms with E-state index in [9.17, 15) is 0 Å². The molecule has 0 unspecified atom stereocenters. The number of rotatable bonds is 2. The number of hydrogen-bond acceptors (Lipinski definition) is 1. The van der Waals surface area contributed by atoms with Crippen molar-refractivity contribution in [1.82, 2.24) is 0 Å². The van der Waals surface area contributed by atoms with Crippen LogP contribution in [-0.2, 0) is 0 Å². The second kappa shape index (κ2) is 3.55. The average Bonchev–Trinajstić information content (AvgIpc) is 2.04. The summed E-state index contributed by atoms with van der Waals surface area (Å²) in [6.07, 6.45) is 5.71. The number of allylic oxidation sites excluding steroid dienone is 1. The summed E-state index contributed by atoms with van der Waals surface area (Å²) in [5.74, 6) is 0. The van der Waals surface area contributed by atoms with E-state index in [2.05, 4.69) is 24.9 Å². The first-order valence-electron chi connectivity index (χ1n) is 4.11. The van der Waals surface area contributed by atoms with Gasteiger partial charge in [-0.3, -0.25) is 4.99 Å². The van der Waals surface area contributed by atoms with E-state index < -0.39 is 0 Å². The van der Waals surface area contributed by atoms with Crippen molar-refractivity contribution in [2.24, 2.45) is 4.99 Å². The molecule has 0 saturated heterocycles. The van der Waals surface area contributed by atoms with Crippen LogP contribution in [0.15, 0.2) is 16.6 Å². The highest BCUT2D eigenvalue weighted by atomic mass is 14.7. The molecule has 0 amide bonds. The minimum Gasteiger partial charge on any atom is -0.289 e. The highest BCUT2D eigenvalue weighted by Crippen LogP contribution is 2.12. The van der Waals surface area contributed by atoms with E-state index in [-0.39, 0.29) is 0 Å². The minimum absolute atomic E-state index is 1.01. The Morgan fingerprint density at radius 1 is 1.40 bits per heavy atom. The molecule has 0 N–H and O–H groups in total. The monoisotopic (exact) mass is 137 g/mol. The summed E-state index contributed by atoms with van der Waals surface area (Å²) in [5, 5.41) is 0. The molecule has 1 heteroatoms. The van der Waals surface area contributed by atoms with Crippen molar-refractivity contribution in [1.29, 1.82) is 0 Å². The van der Waals surface area contributed by atoms with Gasteiger partial charge in [0.2, 0.25) is 0 Å². The predicted octanol–water partition coefficient (Wildman–Crippen LogP) is 2.58. The van der Waals surface area contributed by atoms with E-state index in [0.29, 0.717) is 0 Å². The Bertz CT molecular complexity index is 146. The van der Waals surface area contributed by atoms with Gasteiger partial charge in [0, 0.05) is 12.3 Å². The van der Waals surface area contributed by atoms with Crippen molar-refractivity contribution in [3.8, 4) is 0 Å². The van der Waals surface area contributed by atoms with E-state index in [1.54, 1.807) is 0 Å². The molecule has 0 spiro atoms. The smallest absolute Gasteiger partial charge is 0.0427 e. The van der Waals surface area contributed by atoms with E-state index in [4.69, 9.17) is 0 Å². The van der Waals surface area contributed by atoms with E-state index in [1.807, 2.05) is 0 Å². The third kappa shape index (κ3) is 1.47. The summed E-state index contributed by atoms with van der Waals surface area (Å²) in [6.45, 7) is 5.38. The van der Waals surface area contributed by atoms with Gasteiger partial charge in [-0.05, 0) is 24.8 Å². The lowest BCUT2D eigenvalue weighted by molar-refractivity contribution is 0.942. The average molecular weight is 137 g/mol. The summed E-state index contributed by atoms with van der Waals surface area (Å²) >= 11 is 0. The van der Waals surface area contributed by atoms with Crippen molar-refractivity contribution < 1.29 is 0 Å². The maximum atomic E-state index is 4.45. The summed E-state index contributed by atoms with van der Waals surface area (Å²) in [5.41, 5.74) is 2.79. The highest BCUT2D eigenvalue weighted by molar-refractivity contribution is 6.00. The fourth-order valence-corrected chi connectivity index (χ4v) is 1.34. The number of aliphatic imine (C=N–C) groups is 1. The number of hydrogen-bond donors (Lipinski definition) is 0. The molecule has 1 nitrogen and oxygen atoms in total. The van der Waals surface area contributed by atoms with Crippen LogP contribution in [0.5, 0.6) is 0 Å². The summed E-state index contributed by atoms with van der Waals surface area (Å²) in [7, 11) is 0. The zero-order chi connectivity index (χ0) is 7.40. The Balaban J connectivity index is 2.67. The normalized spacial score (nSPS) is 18.2. The highest BCUT2D eigenvalue weighted by Gasteiger charge is 2.04. The summed E-state index contributed by atoms with van der Waals surface area (Å²) in [6, 6.07) is 0. The predicted molar refractivity (Wildman–Crippen MR) is 45.6 cm³/mol. The lowest BCUT2D eigenvalue weighted by atomic mass is 10.0. The van der Waals surface area contributed by atoms with Crippen LogP contribution in [0.1, 0.15) is 33.1 Å². The molecule has 0 aliphatic carbocycles. The minimum atomic E-state index is 1.01. The molecule has 1 rings (SSSR count). The van der Waals surface area contributed by atoms with Gasteiger partial charge in [0.15, 0.2) is 0 Å². The number of nitrogens with zero attached hydrogens (tertiary/aromatic N) is 1. The molecule has 0 aromatic rings. The SMILES string of the molecule is CCC1=CCCN=C1CC. The largest absolute Gasteiger partial charge is 0.289 e. The van der Waals surface area contributed by atoms with Crippen LogP contribution in [0.25, 0.3) is 0 Å². The quantitative estimate of drug-likeness (QED) is 0.554. The first kappa shape index (κ1) is 7.52. The topological polar surface area (TPSA) is 12.4 Å². The van der Waals surface area contributed by atoms with Crippen molar-refractivity contribution in [3.05, 3.63) is 11.6 Å². The fourth-order valence-electron chi connectivity index (χ4n) is 1.34. The van der Waals surface area contributed by atoms with Gasteiger partial charge < -0.3 is 0 Å². The van der Waals surface area contributed by atoms with Gasteiger partial charge in [0.25, 0.3) is 0 Å². The lowest BCUT2D eigenvalue weighted by Gasteiger charge is -2.11. The van der Waals surface area contributed by atoms with Gasteiger partial charge in [-0.2, -0.15) is 0 Å². The van der Waals surface area contributed by atoms with Crippen molar-refractivity contribution in [2.45, 2.75) is 33.1 Å². The maximum absolute atomic E-state index is 4.45. The molecule has 0 aromatic carbocycles. The van der Waals surface area contributed by atoms with Crippen LogP contribution in [-0.4, -0.2) is 12.3 Å². The second-order valence-electron chi connectivity index (χ2n) is 2.55. The van der Waals surface area contributed by atoms with Gasteiger partial charge in [-0.1, -0.05) is 19.9 Å². The first-order chi connectivity index (χ1) is 4.88. The molecular weight excluding hydrogens is 122 g/mol. The van der Waals surface area contributed by atoms with Gasteiger partial charge in [-0.15, -0.1) is 0 Å². The van der Waals surface area contributed by atoms with Crippen LogP contribution in [0, 0.1) is 0 Å². The summed E-state index contributed by atoms with van der Waals surface area (Å²) < 4.78 is 0. The Hall–Kier alpha value is -0.590. The molecule has 0 saturated carbocycles. The van der Waals surface area contributed by atoms with Crippen molar-refractivity contribution in [2.75, 3.05) is 6.54 Å². The molecular formula is C9H15N. The molecule has 0 radical (unpaired) electrons. The molecule has 0 bridgehead atoms. The zero-order valence-electron chi connectivity index (χ0n) is 6.85. The Kier molecular flexibility index (Phi) is 2.67. The fraction of sp³-hybridized carbons (Fsp3) is 0.667. The molecule has 1 heterocycles. The maximum Gasteiger partial charge on any atom is 0.0427 e. The van der Waals surface area contributed by atoms with Crippen LogP contribution < -0.4 is 0 Å². The van der Waals surface area contributed by atoms with Crippen LogP contribution in [0.2, 0.25) is 0 Å². The van der Waals surface area contributed by atoms with Gasteiger partial charge >= 0.3 is 0 Å². The molecule has 10 heavy (non-hydrogen) atoms. The van der Waals surface area contributed by atoms with E-state index >= 15 is 0 Å². The molecule has 0 fully saturated rings. The second-order valence-corrected chi connectivity index (χ2v) is 2.55. The van der Waals surface area contributed by atoms with Crippen molar-refractivity contribution >= 4 is 5.71 Å². The molecule has 0 aromatic heterocycles. The molecule has 1 aliphatic rings. The van der Waals surface area contributed by atoms with Crippen LogP contribution in [0.3, 0.4) is 0 Å². The van der Waals surface area contributed by atoms with Gasteiger partial charge in [-0.25, -0.2) is 0 Å². The van der Waals surface area contributed by atoms with Gasteiger partial charge in [0.1, 0.15) is 0 Å². The molecule has 0 atom stereocenters. The third-order valence-electron chi connectivity index (χ3n) is 1.91. The third-order valence-corrected chi connectivity index (χ3v) is 1.91. The Labute approximate surface area is 62.9 Å². The van der Waals surface area contributed by atoms with Crippen LogP contribution in [0.4, 0.5) is 0 Å². The van der Waals surface area contributed by atoms with E-state index in [1.165, 1.54) is 11.3 Å². The number of dihydropyridines is 1. The Morgan fingerprint density at radius 3 is 2.70 bits per heavy atom. The summed E-state index contributed by atoms with van der Waals surface area (Å²) in [4.78, 5) is 4.45. The molecule has 1 aliphatic heterocycles. The first-order valence-corrected chi connectivity index (χ1v) is 4.11. The Morgan fingerprint density at radius 2 is 2.20 bits per heavy atom.